The normalized spacial score (nSPS) is 18.3. The molecule has 0 radical (unpaired) electrons. The molecule has 3 rings (SSSR count). The first-order valence-corrected chi connectivity index (χ1v) is 10.1. The molecule has 1 aromatic carbocycles. The van der Waals surface area contributed by atoms with Gasteiger partial charge in [0.2, 0.25) is 5.95 Å². The fourth-order valence-corrected chi connectivity index (χ4v) is 4.32. The summed E-state index contributed by atoms with van der Waals surface area (Å²) in [4.78, 5) is 20.6. The first kappa shape index (κ1) is 18.1. The van der Waals surface area contributed by atoms with E-state index in [2.05, 4.69) is 20.6 Å². The van der Waals surface area contributed by atoms with Crippen molar-refractivity contribution in [3.63, 3.8) is 0 Å². The maximum Gasteiger partial charge on any atom is 0.270 e. The second kappa shape index (κ2) is 7.69. The van der Waals surface area contributed by atoms with Crippen molar-refractivity contribution in [1.82, 2.24) is 15.3 Å². The summed E-state index contributed by atoms with van der Waals surface area (Å²) in [5.41, 5.74) is 0.936. The number of nitrogens with one attached hydrogen (secondary N) is 2. The summed E-state index contributed by atoms with van der Waals surface area (Å²) in [6.45, 7) is 2.51. The minimum atomic E-state index is -3.05. The Bertz CT molecular complexity index is 884. The van der Waals surface area contributed by atoms with Gasteiger partial charge in [0.15, 0.2) is 9.84 Å². The number of hydrogen-bond donors (Lipinski definition) is 2. The number of benzene rings is 1. The van der Waals surface area contributed by atoms with E-state index in [0.29, 0.717) is 13.0 Å². The van der Waals surface area contributed by atoms with Crippen molar-refractivity contribution >= 4 is 27.4 Å². The smallest absolute Gasteiger partial charge is 0.270 e. The van der Waals surface area contributed by atoms with Gasteiger partial charge in [0, 0.05) is 17.9 Å². The van der Waals surface area contributed by atoms with Crippen LogP contribution in [0.1, 0.15) is 23.8 Å². The van der Waals surface area contributed by atoms with Crippen molar-refractivity contribution in [2.45, 2.75) is 19.4 Å². The Kier molecular flexibility index (Phi) is 5.36. The van der Waals surface area contributed by atoms with Gasteiger partial charge in [-0.1, -0.05) is 0 Å². The van der Waals surface area contributed by atoms with E-state index in [4.69, 9.17) is 4.74 Å². The molecule has 138 valence electrons. The van der Waals surface area contributed by atoms with Gasteiger partial charge in [-0.2, -0.15) is 0 Å². The van der Waals surface area contributed by atoms with Gasteiger partial charge >= 0.3 is 0 Å². The van der Waals surface area contributed by atoms with Crippen LogP contribution in [0.25, 0.3) is 0 Å². The first-order chi connectivity index (χ1) is 12.4. The van der Waals surface area contributed by atoms with E-state index < -0.39 is 15.7 Å². The topological polar surface area (TPSA) is 110 Å². The molecule has 2 heterocycles. The van der Waals surface area contributed by atoms with Gasteiger partial charge in [-0.05, 0) is 43.7 Å². The fraction of sp³-hybridized carbons (Fsp3) is 0.353. The van der Waals surface area contributed by atoms with E-state index in [0.717, 1.165) is 11.4 Å². The molecule has 0 spiro atoms. The van der Waals surface area contributed by atoms with Gasteiger partial charge in [0.05, 0.1) is 18.1 Å². The lowest BCUT2D eigenvalue weighted by atomic mass is 10.2. The van der Waals surface area contributed by atoms with Crippen LogP contribution in [0.2, 0.25) is 0 Å². The van der Waals surface area contributed by atoms with Gasteiger partial charge in [0.25, 0.3) is 5.91 Å². The van der Waals surface area contributed by atoms with E-state index in [1.807, 2.05) is 31.2 Å². The van der Waals surface area contributed by atoms with Crippen LogP contribution in [0.4, 0.5) is 11.6 Å². The monoisotopic (exact) mass is 376 g/mol. The van der Waals surface area contributed by atoms with Crippen LogP contribution >= 0.6 is 0 Å². The third kappa shape index (κ3) is 4.69. The maximum absolute atomic E-state index is 12.3. The SMILES string of the molecule is CCOc1ccc(Nc2nccc(C(=O)NC3CCS(=O)(=O)C3)n2)cc1. The minimum Gasteiger partial charge on any atom is -0.494 e. The quantitative estimate of drug-likeness (QED) is 0.787. The highest BCUT2D eigenvalue weighted by atomic mass is 32.2. The summed E-state index contributed by atoms with van der Waals surface area (Å²) >= 11 is 0. The van der Waals surface area contributed by atoms with Crippen LogP contribution in [-0.4, -0.2) is 48.4 Å². The zero-order chi connectivity index (χ0) is 18.6. The Hall–Kier alpha value is -2.68. The lowest BCUT2D eigenvalue weighted by molar-refractivity contribution is 0.0936. The number of carbonyl (C=O) groups excluding carboxylic acids is 1. The molecule has 26 heavy (non-hydrogen) atoms. The molecule has 1 atom stereocenters. The second-order valence-corrected chi connectivity index (χ2v) is 8.15. The molecular formula is C17H20N4O4S. The average Bonchev–Trinajstić information content (AvgIpc) is 2.95. The van der Waals surface area contributed by atoms with Crippen molar-refractivity contribution in [2.75, 3.05) is 23.4 Å². The Balaban J connectivity index is 1.65. The highest BCUT2D eigenvalue weighted by Gasteiger charge is 2.29. The predicted octanol–water partition coefficient (Wildman–Crippen LogP) is 1.54. The number of amides is 1. The Morgan fingerprint density at radius 2 is 2.04 bits per heavy atom. The van der Waals surface area contributed by atoms with Crippen LogP contribution in [0.5, 0.6) is 5.75 Å². The molecular weight excluding hydrogens is 356 g/mol. The van der Waals surface area contributed by atoms with Crippen molar-refractivity contribution in [1.29, 1.82) is 0 Å². The average molecular weight is 376 g/mol. The van der Waals surface area contributed by atoms with E-state index >= 15 is 0 Å². The number of carbonyl (C=O) groups is 1. The third-order valence-electron chi connectivity index (χ3n) is 3.88. The number of anilines is 2. The summed E-state index contributed by atoms with van der Waals surface area (Å²) in [5, 5.41) is 5.73. The molecule has 2 aromatic rings. The van der Waals surface area contributed by atoms with Crippen molar-refractivity contribution in [3.8, 4) is 5.75 Å². The molecule has 0 bridgehead atoms. The molecule has 1 aliphatic rings. The van der Waals surface area contributed by atoms with Crippen molar-refractivity contribution in [3.05, 3.63) is 42.2 Å². The van der Waals surface area contributed by atoms with Crippen LogP contribution in [0.3, 0.4) is 0 Å². The van der Waals surface area contributed by atoms with Gasteiger partial charge in [-0.3, -0.25) is 4.79 Å². The number of rotatable bonds is 6. The van der Waals surface area contributed by atoms with Crippen LogP contribution < -0.4 is 15.4 Å². The minimum absolute atomic E-state index is 0.0267. The molecule has 0 aliphatic carbocycles. The molecule has 1 saturated heterocycles. The predicted molar refractivity (Wildman–Crippen MR) is 97.5 cm³/mol. The molecule has 1 fully saturated rings. The molecule has 8 nitrogen and oxygen atoms in total. The lowest BCUT2D eigenvalue weighted by Crippen LogP contribution is -2.36. The van der Waals surface area contributed by atoms with Crippen molar-refractivity contribution in [2.24, 2.45) is 0 Å². The maximum atomic E-state index is 12.3. The Morgan fingerprint density at radius 1 is 1.27 bits per heavy atom. The molecule has 2 N–H and O–H groups in total. The third-order valence-corrected chi connectivity index (χ3v) is 5.65. The Labute approximate surface area is 151 Å². The first-order valence-electron chi connectivity index (χ1n) is 8.29. The molecule has 1 aromatic heterocycles. The van der Waals surface area contributed by atoms with Crippen LogP contribution in [0, 0.1) is 0 Å². The molecule has 1 amide bonds. The zero-order valence-electron chi connectivity index (χ0n) is 14.3. The van der Waals surface area contributed by atoms with E-state index in [1.54, 1.807) is 0 Å². The van der Waals surface area contributed by atoms with Gasteiger partial charge in [-0.25, -0.2) is 18.4 Å². The molecule has 1 aliphatic heterocycles. The highest BCUT2D eigenvalue weighted by Crippen LogP contribution is 2.18. The number of nitrogens with zero attached hydrogens (tertiary/aromatic N) is 2. The van der Waals surface area contributed by atoms with E-state index in [-0.39, 0.29) is 29.2 Å². The summed E-state index contributed by atoms with van der Waals surface area (Å²) in [6, 6.07) is 8.41. The number of aromatic nitrogens is 2. The lowest BCUT2D eigenvalue weighted by Gasteiger charge is -2.11. The van der Waals surface area contributed by atoms with Gasteiger partial charge in [0.1, 0.15) is 11.4 Å². The largest absolute Gasteiger partial charge is 0.494 e. The van der Waals surface area contributed by atoms with Gasteiger partial charge < -0.3 is 15.4 Å². The highest BCUT2D eigenvalue weighted by molar-refractivity contribution is 7.91. The summed E-state index contributed by atoms with van der Waals surface area (Å²) < 4.78 is 28.4. The van der Waals surface area contributed by atoms with Crippen molar-refractivity contribution < 1.29 is 17.9 Å². The van der Waals surface area contributed by atoms with Crippen LogP contribution in [0.15, 0.2) is 36.5 Å². The number of ether oxygens (including phenoxy) is 1. The molecule has 9 heteroatoms. The van der Waals surface area contributed by atoms with Crippen LogP contribution in [-0.2, 0) is 9.84 Å². The Morgan fingerprint density at radius 3 is 2.69 bits per heavy atom. The zero-order valence-corrected chi connectivity index (χ0v) is 15.1. The van der Waals surface area contributed by atoms with Gasteiger partial charge in [-0.15, -0.1) is 0 Å². The number of hydrogen-bond acceptors (Lipinski definition) is 7. The number of sulfone groups is 1. The molecule has 0 saturated carbocycles. The summed E-state index contributed by atoms with van der Waals surface area (Å²) in [7, 11) is -3.05. The second-order valence-electron chi connectivity index (χ2n) is 5.92. The fourth-order valence-electron chi connectivity index (χ4n) is 2.64. The summed E-state index contributed by atoms with van der Waals surface area (Å²) in [6.07, 6.45) is 1.90. The standard InChI is InChI=1S/C17H20N4O4S/c1-2-25-14-5-3-12(4-6-14)20-17-18-9-7-15(21-17)16(22)19-13-8-10-26(23,24)11-13/h3-7,9,13H,2,8,10-11H2,1H3,(H,19,22)(H,18,20,21). The molecule has 1 unspecified atom stereocenters. The van der Waals surface area contributed by atoms with E-state index in [9.17, 15) is 13.2 Å². The summed E-state index contributed by atoms with van der Waals surface area (Å²) in [5.74, 6) is 0.705. The van der Waals surface area contributed by atoms with E-state index in [1.165, 1.54) is 12.3 Å².